The largest absolute Gasteiger partial charge is 0.460 e. The second-order valence-corrected chi connectivity index (χ2v) is 6.99. The molecule has 3 rings (SSSR count). The molecule has 0 N–H and O–H groups in total. The highest BCUT2D eigenvalue weighted by Crippen LogP contribution is 2.44. The van der Waals surface area contributed by atoms with Gasteiger partial charge in [0.1, 0.15) is 6.61 Å². The molecule has 0 aromatic heterocycles. The van der Waals surface area contributed by atoms with Crippen LogP contribution in [0, 0.1) is 6.92 Å². The Morgan fingerprint density at radius 3 is 2.10 bits per heavy atom. The normalized spacial score (nSPS) is 12.9. The van der Waals surface area contributed by atoms with Gasteiger partial charge in [0, 0.05) is 12.7 Å². The number of hydrogen-bond donors (Lipinski definition) is 0. The molecule has 158 valence electrons. The van der Waals surface area contributed by atoms with Crippen LogP contribution < -0.4 is 0 Å². The minimum Gasteiger partial charge on any atom is -0.460 e. The van der Waals surface area contributed by atoms with E-state index in [9.17, 15) is 4.79 Å². The number of carbonyl (C=O) groups is 1. The van der Waals surface area contributed by atoms with Gasteiger partial charge in [-0.2, -0.15) is 0 Å². The second-order valence-electron chi connectivity index (χ2n) is 6.99. The standard InChI is InChI=1S/C25H28O5/c1-18-8-10-20(11-9-18)24-22-7-5-4-6-21(22)19(2)23(24)25(26)30-17-16-29-15-14-28-13-12-27-3/h4-11H,2,12-17H2,1,3H3. The number of rotatable bonds is 11. The van der Waals surface area contributed by atoms with E-state index in [-0.39, 0.29) is 12.6 Å². The Kier molecular flexibility index (Phi) is 7.97. The Labute approximate surface area is 177 Å². The molecule has 0 radical (unpaired) electrons. The van der Waals surface area contributed by atoms with Crippen LogP contribution in [0.4, 0.5) is 0 Å². The first-order valence-corrected chi connectivity index (χ1v) is 10.1. The Balaban J connectivity index is 1.65. The lowest BCUT2D eigenvalue weighted by Gasteiger charge is -2.11. The van der Waals surface area contributed by atoms with E-state index < -0.39 is 0 Å². The molecular formula is C25H28O5. The van der Waals surface area contributed by atoms with Crippen LogP contribution in [0.2, 0.25) is 0 Å². The van der Waals surface area contributed by atoms with E-state index in [0.717, 1.165) is 27.8 Å². The van der Waals surface area contributed by atoms with Gasteiger partial charge in [-0.3, -0.25) is 0 Å². The predicted octanol–water partition coefficient (Wildman–Crippen LogP) is 4.05. The van der Waals surface area contributed by atoms with E-state index in [1.54, 1.807) is 7.11 Å². The molecular weight excluding hydrogens is 380 g/mol. The van der Waals surface area contributed by atoms with E-state index in [1.165, 1.54) is 0 Å². The maximum absolute atomic E-state index is 12.9. The molecule has 5 heteroatoms. The number of esters is 1. The van der Waals surface area contributed by atoms with Gasteiger partial charge < -0.3 is 18.9 Å². The zero-order valence-corrected chi connectivity index (χ0v) is 17.6. The molecule has 0 bridgehead atoms. The summed E-state index contributed by atoms with van der Waals surface area (Å²) < 4.78 is 21.2. The van der Waals surface area contributed by atoms with Crippen molar-refractivity contribution in [2.24, 2.45) is 0 Å². The molecule has 0 saturated heterocycles. The Morgan fingerprint density at radius 1 is 0.833 bits per heavy atom. The summed E-state index contributed by atoms with van der Waals surface area (Å²) in [6.07, 6.45) is 0. The van der Waals surface area contributed by atoms with Crippen molar-refractivity contribution >= 4 is 17.1 Å². The van der Waals surface area contributed by atoms with Crippen molar-refractivity contribution in [3.05, 3.63) is 82.9 Å². The van der Waals surface area contributed by atoms with Gasteiger partial charge in [0.2, 0.25) is 0 Å². The molecule has 0 heterocycles. The number of fused-ring (bicyclic) bond motifs is 1. The third kappa shape index (κ3) is 5.25. The molecule has 5 nitrogen and oxygen atoms in total. The van der Waals surface area contributed by atoms with E-state index in [4.69, 9.17) is 18.9 Å². The maximum atomic E-state index is 12.9. The van der Waals surface area contributed by atoms with Crippen molar-refractivity contribution in [3.63, 3.8) is 0 Å². The predicted molar refractivity (Wildman–Crippen MR) is 117 cm³/mol. The fourth-order valence-corrected chi connectivity index (χ4v) is 3.36. The maximum Gasteiger partial charge on any atom is 0.339 e. The zero-order valence-electron chi connectivity index (χ0n) is 17.6. The van der Waals surface area contributed by atoms with Gasteiger partial charge in [0.25, 0.3) is 0 Å². The van der Waals surface area contributed by atoms with Crippen LogP contribution in [0.3, 0.4) is 0 Å². The van der Waals surface area contributed by atoms with E-state index in [1.807, 2.05) is 55.5 Å². The minimum absolute atomic E-state index is 0.172. The quantitative estimate of drug-likeness (QED) is 0.415. The van der Waals surface area contributed by atoms with Crippen LogP contribution in [0.1, 0.15) is 22.3 Å². The Morgan fingerprint density at radius 2 is 1.43 bits per heavy atom. The SMILES string of the molecule is C=C1C(C(=O)OCCOCCOCCOC)=C(c2ccc(C)cc2)c2ccccc21. The summed E-state index contributed by atoms with van der Waals surface area (Å²) in [6, 6.07) is 16.1. The molecule has 1 aliphatic carbocycles. The highest BCUT2D eigenvalue weighted by atomic mass is 16.6. The van der Waals surface area contributed by atoms with Crippen LogP contribution in [0.5, 0.6) is 0 Å². The number of carbonyl (C=O) groups excluding carboxylic acids is 1. The van der Waals surface area contributed by atoms with Crippen LogP contribution in [-0.2, 0) is 23.7 Å². The molecule has 0 spiro atoms. The third-order valence-electron chi connectivity index (χ3n) is 4.88. The number of ether oxygens (including phenoxy) is 4. The van der Waals surface area contributed by atoms with Gasteiger partial charge in [0.15, 0.2) is 0 Å². The zero-order chi connectivity index (χ0) is 21.3. The highest BCUT2D eigenvalue weighted by Gasteiger charge is 2.31. The molecule has 0 aliphatic heterocycles. The third-order valence-corrected chi connectivity index (χ3v) is 4.88. The van der Waals surface area contributed by atoms with Gasteiger partial charge in [-0.25, -0.2) is 4.79 Å². The van der Waals surface area contributed by atoms with Crippen LogP contribution in [-0.4, -0.2) is 52.7 Å². The highest BCUT2D eigenvalue weighted by molar-refractivity contribution is 6.20. The summed E-state index contributed by atoms with van der Waals surface area (Å²) >= 11 is 0. The summed E-state index contributed by atoms with van der Waals surface area (Å²) in [5.74, 6) is -0.383. The first-order valence-electron chi connectivity index (χ1n) is 10.1. The molecule has 2 aromatic rings. The van der Waals surface area contributed by atoms with Gasteiger partial charge in [0.05, 0.1) is 38.6 Å². The number of aryl methyl sites for hydroxylation is 1. The molecule has 0 saturated carbocycles. The lowest BCUT2D eigenvalue weighted by molar-refractivity contribution is -0.140. The van der Waals surface area contributed by atoms with Gasteiger partial charge >= 0.3 is 5.97 Å². The molecule has 30 heavy (non-hydrogen) atoms. The van der Waals surface area contributed by atoms with Gasteiger partial charge in [-0.1, -0.05) is 60.7 Å². The minimum atomic E-state index is -0.383. The fourth-order valence-electron chi connectivity index (χ4n) is 3.36. The smallest absolute Gasteiger partial charge is 0.339 e. The molecule has 0 unspecified atom stereocenters. The van der Waals surface area contributed by atoms with E-state index >= 15 is 0 Å². The topological polar surface area (TPSA) is 54.0 Å². The second kappa shape index (κ2) is 10.9. The molecule has 0 amide bonds. The van der Waals surface area contributed by atoms with Gasteiger partial charge in [-0.05, 0) is 29.2 Å². The number of methoxy groups -OCH3 is 1. The van der Waals surface area contributed by atoms with E-state index in [0.29, 0.717) is 44.2 Å². The average Bonchev–Trinajstić information content (AvgIpc) is 3.06. The Bertz CT molecular complexity index is 911. The van der Waals surface area contributed by atoms with Crippen molar-refractivity contribution in [1.29, 1.82) is 0 Å². The lowest BCUT2D eigenvalue weighted by Crippen LogP contribution is -2.15. The first kappa shape index (κ1) is 22.0. The van der Waals surface area contributed by atoms with Crippen molar-refractivity contribution < 1.29 is 23.7 Å². The van der Waals surface area contributed by atoms with Crippen molar-refractivity contribution in [2.45, 2.75) is 6.92 Å². The number of hydrogen-bond acceptors (Lipinski definition) is 5. The summed E-state index contributed by atoms with van der Waals surface area (Å²) in [5, 5.41) is 0. The molecule has 0 fully saturated rings. The molecule has 1 aliphatic rings. The van der Waals surface area contributed by atoms with Crippen LogP contribution >= 0.6 is 0 Å². The van der Waals surface area contributed by atoms with Crippen LogP contribution in [0.15, 0.2) is 60.7 Å². The monoisotopic (exact) mass is 408 g/mol. The first-order chi connectivity index (χ1) is 14.6. The summed E-state index contributed by atoms with van der Waals surface area (Å²) in [7, 11) is 1.63. The fraction of sp³-hybridized carbons (Fsp3) is 0.320. The number of benzene rings is 2. The Hall–Kier alpha value is -2.73. The summed E-state index contributed by atoms with van der Waals surface area (Å²) in [5.41, 5.74) is 6.18. The van der Waals surface area contributed by atoms with Crippen LogP contribution in [0.25, 0.3) is 11.1 Å². The summed E-state index contributed by atoms with van der Waals surface area (Å²) in [6.45, 7) is 8.70. The summed E-state index contributed by atoms with van der Waals surface area (Å²) in [4.78, 5) is 12.9. The van der Waals surface area contributed by atoms with Crippen molar-refractivity contribution in [1.82, 2.24) is 0 Å². The van der Waals surface area contributed by atoms with E-state index in [2.05, 4.69) is 6.58 Å². The van der Waals surface area contributed by atoms with Crippen molar-refractivity contribution in [3.8, 4) is 0 Å². The molecule has 2 aromatic carbocycles. The average molecular weight is 408 g/mol. The lowest BCUT2D eigenvalue weighted by atomic mass is 9.97. The van der Waals surface area contributed by atoms with Gasteiger partial charge in [-0.15, -0.1) is 0 Å². The molecule has 0 atom stereocenters. The van der Waals surface area contributed by atoms with Crippen molar-refractivity contribution in [2.75, 3.05) is 46.8 Å².